The van der Waals surface area contributed by atoms with Crippen LogP contribution in [0.25, 0.3) is 21.5 Å². The standard InChI is InChI=1S/C21H25NO5S/c1-21(11-12-23,20(24)27-28(2,25)26)22-14-19-17-9-5-3-7-15(17)13-16-8-4-6-10-18(16)19/h3-10,13,20,22-24H,11-12,14H2,1-2H3. The van der Waals surface area contributed by atoms with Crippen molar-refractivity contribution in [1.29, 1.82) is 0 Å². The molecule has 3 rings (SSSR count). The maximum Gasteiger partial charge on any atom is 0.266 e. The Bertz CT molecular complexity index is 1030. The molecule has 0 saturated carbocycles. The second-order valence-electron chi connectivity index (χ2n) is 7.19. The molecule has 0 aliphatic carbocycles. The van der Waals surface area contributed by atoms with Crippen molar-refractivity contribution in [2.75, 3.05) is 12.9 Å². The summed E-state index contributed by atoms with van der Waals surface area (Å²) in [7, 11) is -3.85. The van der Waals surface area contributed by atoms with Crippen LogP contribution in [0.2, 0.25) is 0 Å². The van der Waals surface area contributed by atoms with Gasteiger partial charge in [-0.3, -0.25) is 0 Å². The third-order valence-electron chi connectivity index (χ3n) is 4.99. The van der Waals surface area contributed by atoms with Crippen molar-refractivity contribution in [3.05, 3.63) is 60.2 Å². The van der Waals surface area contributed by atoms with Crippen molar-refractivity contribution >= 4 is 31.7 Å². The van der Waals surface area contributed by atoms with E-state index in [-0.39, 0.29) is 13.0 Å². The van der Waals surface area contributed by atoms with E-state index in [4.69, 9.17) is 4.18 Å². The Labute approximate surface area is 164 Å². The Morgan fingerprint density at radius 1 is 1.07 bits per heavy atom. The molecule has 0 aromatic heterocycles. The summed E-state index contributed by atoms with van der Waals surface area (Å²) in [6, 6.07) is 18.2. The summed E-state index contributed by atoms with van der Waals surface area (Å²) >= 11 is 0. The summed E-state index contributed by atoms with van der Waals surface area (Å²) in [4.78, 5) is 0. The molecule has 3 N–H and O–H groups in total. The molecule has 0 bridgehead atoms. The van der Waals surface area contributed by atoms with Gasteiger partial charge in [0.15, 0.2) is 6.29 Å². The molecule has 0 spiro atoms. The molecule has 7 heteroatoms. The molecule has 6 nitrogen and oxygen atoms in total. The van der Waals surface area contributed by atoms with Crippen molar-refractivity contribution in [1.82, 2.24) is 5.32 Å². The SMILES string of the molecule is CC(CCO)(NCc1c2ccccc2cc2ccccc12)C(O)OS(C)(=O)=O. The topological polar surface area (TPSA) is 95.9 Å². The lowest BCUT2D eigenvalue weighted by atomic mass is 9.94. The largest absolute Gasteiger partial charge is 0.396 e. The molecule has 0 fully saturated rings. The lowest BCUT2D eigenvalue weighted by Crippen LogP contribution is -2.54. The first-order valence-electron chi connectivity index (χ1n) is 9.05. The van der Waals surface area contributed by atoms with Crippen LogP contribution in [0.5, 0.6) is 0 Å². The molecule has 0 saturated heterocycles. The molecule has 28 heavy (non-hydrogen) atoms. The van der Waals surface area contributed by atoms with Gasteiger partial charge in [0, 0.05) is 13.2 Å². The number of nitrogens with one attached hydrogen (secondary N) is 1. The van der Waals surface area contributed by atoms with Gasteiger partial charge >= 0.3 is 0 Å². The highest BCUT2D eigenvalue weighted by Gasteiger charge is 2.35. The Kier molecular flexibility index (Phi) is 6.02. The molecule has 0 aliphatic heterocycles. The Morgan fingerprint density at radius 3 is 2.11 bits per heavy atom. The van der Waals surface area contributed by atoms with E-state index in [1.807, 2.05) is 48.5 Å². The minimum absolute atomic E-state index is 0.117. The van der Waals surface area contributed by atoms with Gasteiger partial charge in [0.2, 0.25) is 0 Å². The van der Waals surface area contributed by atoms with Crippen molar-refractivity contribution < 1.29 is 22.8 Å². The fourth-order valence-electron chi connectivity index (χ4n) is 3.39. The monoisotopic (exact) mass is 403 g/mol. The summed E-state index contributed by atoms with van der Waals surface area (Å²) < 4.78 is 27.7. The predicted molar refractivity (Wildman–Crippen MR) is 110 cm³/mol. The fraction of sp³-hybridized carbons (Fsp3) is 0.333. The molecule has 2 unspecified atom stereocenters. The number of aliphatic hydroxyl groups is 2. The first kappa shape index (κ1) is 20.7. The Balaban J connectivity index is 2.00. The molecule has 0 amide bonds. The highest BCUT2D eigenvalue weighted by molar-refractivity contribution is 7.86. The highest BCUT2D eigenvalue weighted by Crippen LogP contribution is 2.29. The molecule has 0 aliphatic rings. The molecule has 2 atom stereocenters. The van der Waals surface area contributed by atoms with Gasteiger partial charge in [0.1, 0.15) is 0 Å². The van der Waals surface area contributed by atoms with Gasteiger partial charge in [0.25, 0.3) is 10.1 Å². The van der Waals surface area contributed by atoms with Crippen LogP contribution in [-0.2, 0) is 20.8 Å². The fourth-order valence-corrected chi connectivity index (χ4v) is 3.94. The maximum absolute atomic E-state index is 11.4. The van der Waals surface area contributed by atoms with Gasteiger partial charge in [-0.05, 0) is 46.5 Å². The first-order chi connectivity index (χ1) is 13.2. The number of benzene rings is 3. The lowest BCUT2D eigenvalue weighted by Gasteiger charge is -2.34. The highest BCUT2D eigenvalue weighted by atomic mass is 32.2. The van der Waals surface area contributed by atoms with Gasteiger partial charge in [-0.25, -0.2) is 4.18 Å². The van der Waals surface area contributed by atoms with Crippen LogP contribution < -0.4 is 5.32 Å². The van der Waals surface area contributed by atoms with E-state index in [2.05, 4.69) is 11.4 Å². The minimum atomic E-state index is -3.85. The first-order valence-corrected chi connectivity index (χ1v) is 10.9. The van der Waals surface area contributed by atoms with E-state index < -0.39 is 21.9 Å². The normalized spacial score (nSPS) is 15.6. The van der Waals surface area contributed by atoms with Crippen LogP contribution in [0.1, 0.15) is 18.9 Å². The van der Waals surface area contributed by atoms with Crippen LogP contribution in [0.3, 0.4) is 0 Å². The van der Waals surface area contributed by atoms with Gasteiger partial charge in [-0.15, -0.1) is 0 Å². The van der Waals surface area contributed by atoms with E-state index in [0.29, 0.717) is 6.54 Å². The lowest BCUT2D eigenvalue weighted by molar-refractivity contribution is -0.0853. The van der Waals surface area contributed by atoms with Crippen LogP contribution in [0.4, 0.5) is 0 Å². The number of hydrogen-bond acceptors (Lipinski definition) is 6. The number of rotatable bonds is 8. The van der Waals surface area contributed by atoms with Crippen molar-refractivity contribution in [2.45, 2.75) is 31.7 Å². The van der Waals surface area contributed by atoms with Gasteiger partial charge in [-0.1, -0.05) is 48.5 Å². The summed E-state index contributed by atoms with van der Waals surface area (Å²) in [6.45, 7) is 1.76. The van der Waals surface area contributed by atoms with Gasteiger partial charge in [-0.2, -0.15) is 8.42 Å². The number of hydrogen-bond donors (Lipinski definition) is 3. The zero-order valence-electron chi connectivity index (χ0n) is 15.9. The van der Waals surface area contributed by atoms with E-state index in [9.17, 15) is 18.6 Å². The average Bonchev–Trinajstić information content (AvgIpc) is 2.64. The molecular formula is C21H25NO5S. The summed E-state index contributed by atoms with van der Waals surface area (Å²) in [5.41, 5.74) is -0.125. The second kappa shape index (κ2) is 8.14. The zero-order chi connectivity index (χ0) is 20.4. The zero-order valence-corrected chi connectivity index (χ0v) is 16.7. The maximum atomic E-state index is 11.4. The van der Waals surface area contributed by atoms with Crippen molar-refractivity contribution in [2.24, 2.45) is 0 Å². The average molecular weight is 404 g/mol. The van der Waals surface area contributed by atoms with Crippen LogP contribution in [-0.4, -0.2) is 43.3 Å². The molecule has 0 heterocycles. The number of fused-ring (bicyclic) bond motifs is 2. The van der Waals surface area contributed by atoms with E-state index in [1.54, 1.807) is 6.92 Å². The van der Waals surface area contributed by atoms with Crippen LogP contribution in [0.15, 0.2) is 54.6 Å². The Morgan fingerprint density at radius 2 is 1.61 bits per heavy atom. The summed E-state index contributed by atoms with van der Waals surface area (Å²) in [5, 5.41) is 27.3. The summed E-state index contributed by atoms with van der Waals surface area (Å²) in [5.74, 6) is 0. The molecular weight excluding hydrogens is 378 g/mol. The van der Waals surface area contributed by atoms with Crippen molar-refractivity contribution in [3.63, 3.8) is 0 Å². The van der Waals surface area contributed by atoms with E-state index in [1.165, 1.54) is 0 Å². The predicted octanol–water partition coefficient (Wildman–Crippen LogP) is 2.52. The Hall–Kier alpha value is -2.03. The molecule has 3 aromatic carbocycles. The molecule has 3 aromatic rings. The second-order valence-corrected chi connectivity index (χ2v) is 8.80. The third kappa shape index (κ3) is 4.51. The molecule has 0 radical (unpaired) electrons. The minimum Gasteiger partial charge on any atom is -0.396 e. The van der Waals surface area contributed by atoms with Crippen molar-refractivity contribution in [3.8, 4) is 0 Å². The van der Waals surface area contributed by atoms with Gasteiger partial charge < -0.3 is 15.5 Å². The smallest absolute Gasteiger partial charge is 0.266 e. The number of aliphatic hydroxyl groups excluding tert-OH is 2. The summed E-state index contributed by atoms with van der Waals surface area (Å²) in [6.07, 6.45) is -0.629. The van der Waals surface area contributed by atoms with Gasteiger partial charge in [0.05, 0.1) is 11.8 Å². The third-order valence-corrected chi connectivity index (χ3v) is 5.53. The van der Waals surface area contributed by atoms with E-state index >= 15 is 0 Å². The van der Waals surface area contributed by atoms with Crippen LogP contribution >= 0.6 is 0 Å². The molecule has 150 valence electrons. The van der Waals surface area contributed by atoms with Crippen LogP contribution in [0, 0.1) is 0 Å². The quantitative estimate of drug-likeness (QED) is 0.304. The van der Waals surface area contributed by atoms with E-state index in [0.717, 1.165) is 33.4 Å².